The maximum atomic E-state index is 8.77. The first kappa shape index (κ1) is 9.72. The van der Waals surface area contributed by atoms with Gasteiger partial charge in [0.05, 0.1) is 0 Å². The lowest BCUT2D eigenvalue weighted by Gasteiger charge is -2.28. The van der Waals surface area contributed by atoms with Gasteiger partial charge in [-0.05, 0) is 25.5 Å². The molecule has 3 nitrogen and oxygen atoms in total. The lowest BCUT2D eigenvalue weighted by Crippen LogP contribution is -2.29. The van der Waals surface area contributed by atoms with E-state index >= 15 is 0 Å². The van der Waals surface area contributed by atoms with Crippen LogP contribution in [0.4, 0.5) is 5.69 Å². The SMILES string of the molecule is CC1=CCCN(c2ccnc(C#N)c2)C1. The Kier molecular flexibility index (Phi) is 2.68. The van der Waals surface area contributed by atoms with Crippen LogP contribution in [0.2, 0.25) is 0 Å². The Morgan fingerprint density at radius 2 is 2.40 bits per heavy atom. The fourth-order valence-electron chi connectivity index (χ4n) is 1.81. The summed E-state index contributed by atoms with van der Waals surface area (Å²) in [4.78, 5) is 6.24. The molecule has 0 saturated carbocycles. The van der Waals surface area contributed by atoms with Gasteiger partial charge in [-0.2, -0.15) is 5.26 Å². The monoisotopic (exact) mass is 199 g/mol. The highest BCUT2D eigenvalue weighted by Gasteiger charge is 2.10. The minimum absolute atomic E-state index is 0.486. The minimum Gasteiger partial charge on any atom is -0.367 e. The van der Waals surface area contributed by atoms with E-state index in [2.05, 4.69) is 29.0 Å². The second-order valence-electron chi connectivity index (χ2n) is 3.77. The molecule has 1 aromatic rings. The van der Waals surface area contributed by atoms with E-state index in [0.717, 1.165) is 25.2 Å². The normalized spacial score (nSPS) is 15.7. The van der Waals surface area contributed by atoms with E-state index in [-0.39, 0.29) is 0 Å². The molecule has 0 unspecified atom stereocenters. The summed E-state index contributed by atoms with van der Waals surface area (Å²) in [5.74, 6) is 0. The molecule has 0 atom stereocenters. The van der Waals surface area contributed by atoms with Crippen LogP contribution in [0.1, 0.15) is 19.0 Å². The Bertz CT molecular complexity index is 429. The van der Waals surface area contributed by atoms with E-state index in [1.165, 1.54) is 5.57 Å². The first-order chi connectivity index (χ1) is 7.29. The van der Waals surface area contributed by atoms with Gasteiger partial charge < -0.3 is 4.90 Å². The van der Waals surface area contributed by atoms with Crippen LogP contribution < -0.4 is 4.90 Å². The van der Waals surface area contributed by atoms with Gasteiger partial charge in [-0.25, -0.2) is 4.98 Å². The van der Waals surface area contributed by atoms with Gasteiger partial charge in [-0.3, -0.25) is 0 Å². The molecule has 1 aromatic heterocycles. The second kappa shape index (κ2) is 4.14. The van der Waals surface area contributed by atoms with Crippen LogP contribution in [0.15, 0.2) is 30.0 Å². The van der Waals surface area contributed by atoms with E-state index in [4.69, 9.17) is 5.26 Å². The smallest absolute Gasteiger partial charge is 0.142 e. The van der Waals surface area contributed by atoms with Crippen LogP contribution in [-0.4, -0.2) is 18.1 Å². The molecular formula is C12H13N3. The molecule has 0 aromatic carbocycles. The summed E-state index contributed by atoms with van der Waals surface area (Å²) in [6.45, 7) is 4.11. The molecule has 2 rings (SSSR count). The molecule has 15 heavy (non-hydrogen) atoms. The van der Waals surface area contributed by atoms with Gasteiger partial charge in [0.15, 0.2) is 0 Å². The quantitative estimate of drug-likeness (QED) is 0.650. The number of hydrogen-bond donors (Lipinski definition) is 0. The van der Waals surface area contributed by atoms with Gasteiger partial charge in [0.1, 0.15) is 11.8 Å². The van der Waals surface area contributed by atoms with Gasteiger partial charge in [0.25, 0.3) is 0 Å². The van der Waals surface area contributed by atoms with Gasteiger partial charge in [-0.1, -0.05) is 11.6 Å². The number of pyridine rings is 1. The van der Waals surface area contributed by atoms with Crippen molar-refractivity contribution in [2.24, 2.45) is 0 Å². The molecule has 0 aliphatic carbocycles. The third-order valence-electron chi connectivity index (χ3n) is 2.56. The summed E-state index contributed by atoms with van der Waals surface area (Å²) in [7, 11) is 0. The van der Waals surface area contributed by atoms with E-state index in [1.54, 1.807) is 6.20 Å². The third kappa shape index (κ3) is 2.16. The topological polar surface area (TPSA) is 39.9 Å². The summed E-state index contributed by atoms with van der Waals surface area (Å²) in [6, 6.07) is 5.87. The molecule has 0 saturated heterocycles. The lowest BCUT2D eigenvalue weighted by molar-refractivity contribution is 0.790. The molecule has 0 amide bonds. The van der Waals surface area contributed by atoms with Crippen molar-refractivity contribution in [3.05, 3.63) is 35.7 Å². The summed E-state index contributed by atoms with van der Waals surface area (Å²) in [5.41, 5.74) is 2.96. The van der Waals surface area contributed by atoms with Crippen LogP contribution in [0.25, 0.3) is 0 Å². The van der Waals surface area contributed by atoms with Crippen molar-refractivity contribution in [2.75, 3.05) is 18.0 Å². The molecule has 2 heterocycles. The Balaban J connectivity index is 2.23. The predicted molar refractivity (Wildman–Crippen MR) is 59.5 cm³/mol. The van der Waals surface area contributed by atoms with Crippen molar-refractivity contribution in [3.63, 3.8) is 0 Å². The van der Waals surface area contributed by atoms with Crippen LogP contribution in [0.3, 0.4) is 0 Å². The molecule has 1 aliphatic rings. The van der Waals surface area contributed by atoms with Gasteiger partial charge in [-0.15, -0.1) is 0 Å². The summed E-state index contributed by atoms with van der Waals surface area (Å²) >= 11 is 0. The molecule has 1 aliphatic heterocycles. The van der Waals surface area contributed by atoms with Crippen LogP contribution in [0, 0.1) is 11.3 Å². The molecule has 0 fully saturated rings. The zero-order valence-electron chi connectivity index (χ0n) is 8.77. The Morgan fingerprint density at radius 3 is 3.13 bits per heavy atom. The van der Waals surface area contributed by atoms with E-state index in [0.29, 0.717) is 5.69 Å². The van der Waals surface area contributed by atoms with E-state index in [9.17, 15) is 0 Å². The largest absolute Gasteiger partial charge is 0.367 e. The first-order valence-electron chi connectivity index (χ1n) is 5.06. The standard InChI is InChI=1S/C12H13N3/c1-10-3-2-6-15(9-10)12-4-5-14-11(7-12)8-13/h3-5,7H,2,6,9H2,1H3. The van der Waals surface area contributed by atoms with Crippen molar-refractivity contribution in [1.29, 1.82) is 5.26 Å². The molecule has 0 bridgehead atoms. The third-order valence-corrected chi connectivity index (χ3v) is 2.56. The van der Waals surface area contributed by atoms with Crippen LogP contribution >= 0.6 is 0 Å². The number of hydrogen-bond acceptors (Lipinski definition) is 3. The maximum absolute atomic E-state index is 8.77. The van der Waals surface area contributed by atoms with E-state index < -0.39 is 0 Å². The summed E-state index contributed by atoms with van der Waals surface area (Å²) in [6.07, 6.45) is 5.04. The number of anilines is 1. The first-order valence-corrected chi connectivity index (χ1v) is 5.06. The number of rotatable bonds is 1. The van der Waals surface area contributed by atoms with Crippen molar-refractivity contribution >= 4 is 5.69 Å². The zero-order chi connectivity index (χ0) is 10.7. The van der Waals surface area contributed by atoms with Gasteiger partial charge in [0.2, 0.25) is 0 Å². The molecule has 0 N–H and O–H groups in total. The van der Waals surface area contributed by atoms with Crippen molar-refractivity contribution in [2.45, 2.75) is 13.3 Å². The molecule has 3 heteroatoms. The van der Waals surface area contributed by atoms with Crippen molar-refractivity contribution < 1.29 is 0 Å². The molecule has 0 spiro atoms. The Labute approximate surface area is 89.7 Å². The average Bonchev–Trinajstić information content (AvgIpc) is 2.29. The second-order valence-corrected chi connectivity index (χ2v) is 3.77. The average molecular weight is 199 g/mol. The number of nitrogens with zero attached hydrogens (tertiary/aromatic N) is 3. The summed E-state index contributed by atoms with van der Waals surface area (Å²) in [5, 5.41) is 8.77. The Morgan fingerprint density at radius 1 is 1.53 bits per heavy atom. The van der Waals surface area contributed by atoms with Crippen LogP contribution in [-0.2, 0) is 0 Å². The minimum atomic E-state index is 0.486. The number of nitriles is 1. The molecule has 76 valence electrons. The van der Waals surface area contributed by atoms with Crippen molar-refractivity contribution in [1.82, 2.24) is 4.98 Å². The highest BCUT2D eigenvalue weighted by molar-refractivity contribution is 5.50. The highest BCUT2D eigenvalue weighted by Crippen LogP contribution is 2.19. The Hall–Kier alpha value is -1.82. The fourth-order valence-corrected chi connectivity index (χ4v) is 1.81. The number of aromatic nitrogens is 1. The van der Waals surface area contributed by atoms with Gasteiger partial charge in [0, 0.05) is 25.0 Å². The highest BCUT2D eigenvalue weighted by atomic mass is 15.1. The molecular weight excluding hydrogens is 186 g/mol. The maximum Gasteiger partial charge on any atom is 0.142 e. The van der Waals surface area contributed by atoms with E-state index in [1.807, 2.05) is 12.1 Å². The zero-order valence-corrected chi connectivity index (χ0v) is 8.77. The molecule has 0 radical (unpaired) electrons. The van der Waals surface area contributed by atoms with Crippen molar-refractivity contribution in [3.8, 4) is 6.07 Å². The summed E-state index contributed by atoms with van der Waals surface area (Å²) < 4.78 is 0. The van der Waals surface area contributed by atoms with Gasteiger partial charge >= 0.3 is 0 Å². The van der Waals surface area contributed by atoms with Crippen LogP contribution in [0.5, 0.6) is 0 Å². The predicted octanol–water partition coefficient (Wildman–Crippen LogP) is 2.11. The fraction of sp³-hybridized carbons (Fsp3) is 0.333. The lowest BCUT2D eigenvalue weighted by atomic mass is 10.1.